The smallest absolute Gasteiger partial charge is 0.253 e. The highest BCUT2D eigenvalue weighted by atomic mass is 19.1. The van der Waals surface area contributed by atoms with Crippen LogP contribution in [0.4, 0.5) is 10.1 Å². The van der Waals surface area contributed by atoms with Crippen LogP contribution in [-0.4, -0.2) is 36.1 Å². The Morgan fingerprint density at radius 3 is 2.80 bits per heavy atom. The molecule has 3 N–H and O–H groups in total. The summed E-state index contributed by atoms with van der Waals surface area (Å²) in [5.74, 6) is -0.957. The predicted octanol–water partition coefficient (Wildman–Crippen LogP) is 0.472. The van der Waals surface area contributed by atoms with Gasteiger partial charge in [0.05, 0.1) is 12.3 Å². The zero-order chi connectivity index (χ0) is 11.4. The van der Waals surface area contributed by atoms with Crippen molar-refractivity contribution in [3.63, 3.8) is 0 Å². The SMILES string of the molecule is CN(CCO)C(=O)c1ccc(N)c(F)c1. The molecular weight excluding hydrogens is 199 g/mol. The summed E-state index contributed by atoms with van der Waals surface area (Å²) in [6, 6.07) is 3.88. The van der Waals surface area contributed by atoms with E-state index in [2.05, 4.69) is 0 Å². The molecule has 0 saturated heterocycles. The summed E-state index contributed by atoms with van der Waals surface area (Å²) >= 11 is 0. The van der Waals surface area contributed by atoms with Crippen LogP contribution in [-0.2, 0) is 0 Å². The summed E-state index contributed by atoms with van der Waals surface area (Å²) < 4.78 is 13.0. The molecule has 15 heavy (non-hydrogen) atoms. The minimum absolute atomic E-state index is 0.0105. The van der Waals surface area contributed by atoms with E-state index in [1.165, 1.54) is 24.1 Å². The lowest BCUT2D eigenvalue weighted by atomic mass is 10.2. The van der Waals surface area contributed by atoms with Crippen LogP contribution in [0.25, 0.3) is 0 Å². The molecule has 0 heterocycles. The van der Waals surface area contributed by atoms with Gasteiger partial charge in [0.2, 0.25) is 0 Å². The number of hydrogen-bond acceptors (Lipinski definition) is 3. The van der Waals surface area contributed by atoms with Gasteiger partial charge in [0.25, 0.3) is 5.91 Å². The van der Waals surface area contributed by atoms with Gasteiger partial charge >= 0.3 is 0 Å². The molecule has 1 rings (SSSR count). The van der Waals surface area contributed by atoms with Crippen molar-refractivity contribution < 1.29 is 14.3 Å². The third-order valence-electron chi connectivity index (χ3n) is 2.03. The van der Waals surface area contributed by atoms with Gasteiger partial charge in [0.1, 0.15) is 5.82 Å². The molecule has 1 aromatic carbocycles. The number of aliphatic hydroxyl groups is 1. The zero-order valence-corrected chi connectivity index (χ0v) is 8.40. The summed E-state index contributed by atoms with van der Waals surface area (Å²) in [4.78, 5) is 12.9. The Morgan fingerprint density at radius 2 is 2.27 bits per heavy atom. The number of likely N-dealkylation sites (N-methyl/N-ethyl adjacent to an activating group) is 1. The average molecular weight is 212 g/mol. The minimum Gasteiger partial charge on any atom is -0.396 e. The van der Waals surface area contributed by atoms with Crippen molar-refractivity contribution in [1.82, 2.24) is 4.90 Å². The standard InChI is InChI=1S/C10H13FN2O2/c1-13(4-5-14)10(15)7-2-3-9(12)8(11)6-7/h2-3,6,14H,4-5,12H2,1H3. The number of nitrogen functional groups attached to an aromatic ring is 1. The number of rotatable bonds is 3. The number of benzene rings is 1. The number of anilines is 1. The highest BCUT2D eigenvalue weighted by Crippen LogP contribution is 2.13. The largest absolute Gasteiger partial charge is 0.396 e. The molecule has 0 bridgehead atoms. The van der Waals surface area contributed by atoms with E-state index < -0.39 is 5.82 Å². The minimum atomic E-state index is -0.613. The van der Waals surface area contributed by atoms with E-state index in [0.29, 0.717) is 0 Å². The van der Waals surface area contributed by atoms with Crippen LogP contribution < -0.4 is 5.73 Å². The molecule has 5 heteroatoms. The first kappa shape index (κ1) is 11.5. The molecule has 0 aromatic heterocycles. The first-order valence-corrected chi connectivity index (χ1v) is 4.47. The van der Waals surface area contributed by atoms with Gasteiger partial charge in [-0.15, -0.1) is 0 Å². The number of aliphatic hydroxyl groups excluding tert-OH is 1. The maximum atomic E-state index is 13.0. The van der Waals surface area contributed by atoms with Crippen molar-refractivity contribution in [3.05, 3.63) is 29.6 Å². The molecule has 1 amide bonds. The van der Waals surface area contributed by atoms with E-state index in [-0.39, 0.29) is 30.3 Å². The number of carbonyl (C=O) groups excluding carboxylic acids is 1. The van der Waals surface area contributed by atoms with Crippen molar-refractivity contribution in [1.29, 1.82) is 0 Å². The first-order valence-electron chi connectivity index (χ1n) is 4.47. The molecule has 0 saturated carbocycles. The first-order chi connectivity index (χ1) is 7.06. The number of carbonyl (C=O) groups is 1. The number of nitrogens with zero attached hydrogens (tertiary/aromatic N) is 1. The predicted molar refractivity (Wildman–Crippen MR) is 54.9 cm³/mol. The molecule has 0 aliphatic rings. The molecule has 0 aliphatic heterocycles. The van der Waals surface area contributed by atoms with Crippen molar-refractivity contribution in [2.45, 2.75) is 0 Å². The van der Waals surface area contributed by atoms with Crippen LogP contribution in [0.1, 0.15) is 10.4 Å². The second-order valence-electron chi connectivity index (χ2n) is 3.19. The van der Waals surface area contributed by atoms with E-state index in [9.17, 15) is 9.18 Å². The molecule has 0 spiro atoms. The summed E-state index contributed by atoms with van der Waals surface area (Å²) in [7, 11) is 1.53. The second-order valence-corrected chi connectivity index (χ2v) is 3.19. The summed E-state index contributed by atoms with van der Waals surface area (Å²) in [6.07, 6.45) is 0. The quantitative estimate of drug-likeness (QED) is 0.716. The van der Waals surface area contributed by atoms with Crippen molar-refractivity contribution in [2.24, 2.45) is 0 Å². The zero-order valence-electron chi connectivity index (χ0n) is 8.40. The van der Waals surface area contributed by atoms with Crippen LogP contribution in [0.5, 0.6) is 0 Å². The van der Waals surface area contributed by atoms with E-state index in [1.54, 1.807) is 0 Å². The number of hydrogen-bond donors (Lipinski definition) is 2. The van der Waals surface area contributed by atoms with Crippen LogP contribution in [0.3, 0.4) is 0 Å². The maximum Gasteiger partial charge on any atom is 0.253 e. The van der Waals surface area contributed by atoms with Gasteiger partial charge in [0, 0.05) is 19.2 Å². The molecule has 0 unspecified atom stereocenters. The summed E-state index contributed by atoms with van der Waals surface area (Å²) in [5.41, 5.74) is 5.51. The average Bonchev–Trinajstić information content (AvgIpc) is 2.21. The topological polar surface area (TPSA) is 66.6 Å². The summed E-state index contributed by atoms with van der Waals surface area (Å²) in [5, 5.41) is 8.64. The fourth-order valence-corrected chi connectivity index (χ4v) is 1.13. The number of nitrogens with two attached hydrogens (primary N) is 1. The Labute approximate surface area is 87.1 Å². The van der Waals surface area contributed by atoms with E-state index in [4.69, 9.17) is 10.8 Å². The molecular formula is C10H13FN2O2. The van der Waals surface area contributed by atoms with E-state index in [0.717, 1.165) is 6.07 Å². The molecule has 0 fully saturated rings. The Kier molecular flexibility index (Phi) is 3.62. The lowest BCUT2D eigenvalue weighted by Crippen LogP contribution is -2.29. The lowest BCUT2D eigenvalue weighted by molar-refractivity contribution is 0.0766. The molecule has 82 valence electrons. The van der Waals surface area contributed by atoms with Crippen molar-refractivity contribution in [2.75, 3.05) is 25.9 Å². The molecule has 0 atom stereocenters. The highest BCUT2D eigenvalue weighted by molar-refractivity contribution is 5.94. The Hall–Kier alpha value is -1.62. The number of amides is 1. The fourth-order valence-electron chi connectivity index (χ4n) is 1.13. The molecule has 0 aliphatic carbocycles. The van der Waals surface area contributed by atoms with Gasteiger partial charge in [-0.25, -0.2) is 4.39 Å². The third-order valence-corrected chi connectivity index (χ3v) is 2.03. The van der Waals surface area contributed by atoms with Gasteiger partial charge in [-0.05, 0) is 18.2 Å². The van der Waals surface area contributed by atoms with E-state index in [1.807, 2.05) is 0 Å². The Bertz CT molecular complexity index is 368. The highest BCUT2D eigenvalue weighted by Gasteiger charge is 2.12. The van der Waals surface area contributed by atoms with Gasteiger partial charge in [-0.1, -0.05) is 0 Å². The molecule has 1 aromatic rings. The van der Waals surface area contributed by atoms with Crippen LogP contribution in [0, 0.1) is 5.82 Å². The van der Waals surface area contributed by atoms with Crippen LogP contribution >= 0.6 is 0 Å². The van der Waals surface area contributed by atoms with Gasteiger partial charge < -0.3 is 15.7 Å². The van der Waals surface area contributed by atoms with E-state index >= 15 is 0 Å². The van der Waals surface area contributed by atoms with Gasteiger partial charge in [-0.3, -0.25) is 4.79 Å². The summed E-state index contributed by atoms with van der Waals surface area (Å²) in [6.45, 7) is 0.0878. The Balaban J connectivity index is 2.87. The number of halogens is 1. The fraction of sp³-hybridized carbons (Fsp3) is 0.300. The van der Waals surface area contributed by atoms with Crippen molar-refractivity contribution >= 4 is 11.6 Å². The van der Waals surface area contributed by atoms with Gasteiger partial charge in [-0.2, -0.15) is 0 Å². The molecule has 0 radical (unpaired) electrons. The van der Waals surface area contributed by atoms with Crippen LogP contribution in [0.15, 0.2) is 18.2 Å². The van der Waals surface area contributed by atoms with Crippen LogP contribution in [0.2, 0.25) is 0 Å². The lowest BCUT2D eigenvalue weighted by Gasteiger charge is -2.15. The monoisotopic (exact) mass is 212 g/mol. The Morgan fingerprint density at radius 1 is 1.60 bits per heavy atom. The second kappa shape index (κ2) is 4.75. The third kappa shape index (κ3) is 2.66. The maximum absolute atomic E-state index is 13.0. The van der Waals surface area contributed by atoms with Gasteiger partial charge in [0.15, 0.2) is 0 Å². The normalized spacial score (nSPS) is 10.1. The molecule has 4 nitrogen and oxygen atoms in total. The van der Waals surface area contributed by atoms with Crippen molar-refractivity contribution in [3.8, 4) is 0 Å².